The number of alkyl halides is 3. The average Bonchev–Trinajstić information content (AvgIpc) is 3.18. The topological polar surface area (TPSA) is 92.4 Å². The molecule has 1 aliphatic rings. The number of rotatable bonds is 3. The highest BCUT2D eigenvalue weighted by Gasteiger charge is 2.34. The van der Waals surface area contributed by atoms with E-state index >= 15 is 0 Å². The maximum absolute atomic E-state index is 13.1. The summed E-state index contributed by atoms with van der Waals surface area (Å²) < 4.78 is 70.3. The van der Waals surface area contributed by atoms with Crippen LogP contribution < -0.4 is 4.90 Å². The molecule has 3 heterocycles. The Labute approximate surface area is 178 Å². The third kappa shape index (κ3) is 3.68. The molecule has 1 aromatic carbocycles. The van der Waals surface area contributed by atoms with Gasteiger partial charge in [0.15, 0.2) is 11.0 Å². The zero-order valence-electron chi connectivity index (χ0n) is 14.9. The fourth-order valence-electron chi connectivity index (χ4n) is 3.12. The first-order chi connectivity index (χ1) is 14.1. The molecule has 1 saturated heterocycles. The van der Waals surface area contributed by atoms with E-state index in [2.05, 4.69) is 19.9 Å². The minimum absolute atomic E-state index is 0.0254. The molecule has 3 aromatic rings. The predicted octanol–water partition coefficient (Wildman–Crippen LogP) is 3.45. The highest BCUT2D eigenvalue weighted by Crippen LogP contribution is 2.34. The van der Waals surface area contributed by atoms with Gasteiger partial charge in [-0.3, -0.25) is 0 Å². The number of benzene rings is 1. The maximum Gasteiger partial charge on any atom is 0.417 e. The Kier molecular flexibility index (Phi) is 5.29. The van der Waals surface area contributed by atoms with E-state index in [9.17, 15) is 21.6 Å². The first-order valence-corrected chi connectivity index (χ1v) is 10.7. The second-order valence-corrected chi connectivity index (χ2v) is 9.15. The van der Waals surface area contributed by atoms with Crippen LogP contribution in [0.1, 0.15) is 5.56 Å². The van der Waals surface area contributed by atoms with Crippen LogP contribution in [0, 0.1) is 0 Å². The van der Waals surface area contributed by atoms with Gasteiger partial charge in [-0.25, -0.2) is 18.0 Å². The van der Waals surface area contributed by atoms with Crippen molar-refractivity contribution in [2.75, 3.05) is 31.1 Å². The summed E-state index contributed by atoms with van der Waals surface area (Å²) in [6.07, 6.45) is -3.85. The lowest BCUT2D eigenvalue weighted by Crippen LogP contribution is -2.49. The van der Waals surface area contributed by atoms with Crippen LogP contribution in [-0.2, 0) is 16.2 Å². The lowest BCUT2D eigenvalue weighted by atomic mass is 10.2. The van der Waals surface area contributed by atoms with Crippen molar-refractivity contribution < 1.29 is 26.2 Å². The lowest BCUT2D eigenvalue weighted by Gasteiger charge is -2.35. The molecule has 2 aromatic heterocycles. The Morgan fingerprint density at radius 3 is 2.30 bits per heavy atom. The fraction of sp³-hybridized carbons (Fsp3) is 0.312. The van der Waals surface area contributed by atoms with Crippen molar-refractivity contribution in [3.63, 3.8) is 0 Å². The molecule has 0 bridgehead atoms. The number of fused-ring (bicyclic) bond motifs is 1. The predicted molar refractivity (Wildman–Crippen MR) is 102 cm³/mol. The van der Waals surface area contributed by atoms with Crippen molar-refractivity contribution in [2.45, 2.75) is 11.1 Å². The number of sulfonamides is 1. The summed E-state index contributed by atoms with van der Waals surface area (Å²) in [5.74, 6) is 0.163. The zero-order valence-corrected chi connectivity index (χ0v) is 17.2. The van der Waals surface area contributed by atoms with Crippen LogP contribution in [-0.4, -0.2) is 54.2 Å². The number of hydrogen-bond donors (Lipinski definition) is 0. The highest BCUT2D eigenvalue weighted by atomic mass is 35.5. The number of anilines is 1. The van der Waals surface area contributed by atoms with E-state index in [4.69, 9.17) is 23.2 Å². The zero-order chi connectivity index (χ0) is 21.7. The third-order valence-corrected chi connectivity index (χ3v) is 7.15. The smallest absolute Gasteiger partial charge is 0.353 e. The molecule has 14 heteroatoms. The van der Waals surface area contributed by atoms with Gasteiger partial charge in [-0.2, -0.15) is 17.5 Å². The quantitative estimate of drug-likeness (QED) is 0.565. The van der Waals surface area contributed by atoms with Gasteiger partial charge in [0, 0.05) is 32.4 Å². The maximum atomic E-state index is 13.1. The molecule has 0 unspecified atom stereocenters. The molecule has 30 heavy (non-hydrogen) atoms. The summed E-state index contributed by atoms with van der Waals surface area (Å²) in [7, 11) is -3.93. The van der Waals surface area contributed by atoms with Gasteiger partial charge in [0.05, 0.1) is 15.6 Å². The van der Waals surface area contributed by atoms with E-state index in [1.807, 2.05) is 0 Å². The average molecular weight is 482 g/mol. The lowest BCUT2D eigenvalue weighted by molar-refractivity contribution is -0.137. The van der Waals surface area contributed by atoms with Crippen LogP contribution in [0.5, 0.6) is 0 Å². The molecule has 4 rings (SSSR count). The first-order valence-electron chi connectivity index (χ1n) is 8.47. The first kappa shape index (κ1) is 21.1. The summed E-state index contributed by atoms with van der Waals surface area (Å²) in [6.45, 7) is 0.504. The van der Waals surface area contributed by atoms with Crippen molar-refractivity contribution in [2.24, 2.45) is 0 Å². The van der Waals surface area contributed by atoms with E-state index in [0.29, 0.717) is 6.20 Å². The number of halogens is 5. The van der Waals surface area contributed by atoms with E-state index in [0.717, 1.165) is 6.07 Å². The molecule has 8 nitrogen and oxygen atoms in total. The van der Waals surface area contributed by atoms with Crippen LogP contribution in [0.15, 0.2) is 33.9 Å². The summed E-state index contributed by atoms with van der Waals surface area (Å²) in [5, 5.41) is 7.30. The van der Waals surface area contributed by atoms with Crippen LogP contribution in [0.4, 0.5) is 19.0 Å². The van der Waals surface area contributed by atoms with Crippen molar-refractivity contribution in [3.05, 3.63) is 40.0 Å². The van der Waals surface area contributed by atoms with Gasteiger partial charge in [-0.1, -0.05) is 23.2 Å². The molecule has 1 aliphatic heterocycles. The van der Waals surface area contributed by atoms with Gasteiger partial charge in [0.2, 0.25) is 10.0 Å². The molecule has 0 radical (unpaired) electrons. The minimum Gasteiger partial charge on any atom is -0.353 e. The Hall–Kier alpha value is -2.15. The molecular formula is C16H12Cl2F3N5O3S. The molecule has 0 spiro atoms. The highest BCUT2D eigenvalue weighted by molar-refractivity contribution is 7.89. The SMILES string of the molecule is O=S(=O)(c1ccc(Cl)c2nonc12)N1CCN(c2ncc(C(F)(F)F)cc2Cl)CC1. The molecule has 0 aliphatic carbocycles. The van der Waals surface area contributed by atoms with Gasteiger partial charge < -0.3 is 4.90 Å². The summed E-state index contributed by atoms with van der Waals surface area (Å²) in [4.78, 5) is 5.35. The second-order valence-electron chi connectivity index (χ2n) is 6.43. The summed E-state index contributed by atoms with van der Waals surface area (Å²) in [6, 6.07) is 3.52. The van der Waals surface area contributed by atoms with Crippen LogP contribution in [0.2, 0.25) is 10.0 Å². The third-order valence-electron chi connectivity index (χ3n) is 4.63. The van der Waals surface area contributed by atoms with Crippen molar-refractivity contribution in [1.29, 1.82) is 0 Å². The molecule has 0 saturated carbocycles. The minimum atomic E-state index is -4.55. The number of pyridine rings is 1. The van der Waals surface area contributed by atoms with E-state index in [1.54, 1.807) is 4.90 Å². The van der Waals surface area contributed by atoms with Crippen LogP contribution >= 0.6 is 23.2 Å². The molecule has 0 amide bonds. The summed E-state index contributed by atoms with van der Waals surface area (Å²) in [5.41, 5.74) is -0.792. The van der Waals surface area contributed by atoms with Crippen molar-refractivity contribution in [3.8, 4) is 0 Å². The molecule has 0 N–H and O–H groups in total. The van der Waals surface area contributed by atoms with Gasteiger partial charge in [0.25, 0.3) is 0 Å². The Balaban J connectivity index is 1.54. The Morgan fingerprint density at radius 2 is 1.67 bits per heavy atom. The van der Waals surface area contributed by atoms with Gasteiger partial charge in [-0.15, -0.1) is 0 Å². The van der Waals surface area contributed by atoms with E-state index in [-0.39, 0.29) is 58.0 Å². The van der Waals surface area contributed by atoms with E-state index < -0.39 is 21.8 Å². The summed E-state index contributed by atoms with van der Waals surface area (Å²) >= 11 is 12.0. The number of piperazine rings is 1. The Bertz CT molecular complexity index is 1210. The molecule has 0 atom stereocenters. The standard InChI is InChI=1S/C16H12Cl2F3N5O3S/c17-10-1-2-12(14-13(10)23-29-24-14)30(27,28)26-5-3-25(4-6-26)15-11(18)7-9(8-22-15)16(19,20)21/h1-2,7-8H,3-6H2. The largest absolute Gasteiger partial charge is 0.417 e. The van der Waals surface area contributed by atoms with Crippen molar-refractivity contribution >= 4 is 50.1 Å². The molecule has 1 fully saturated rings. The second kappa shape index (κ2) is 7.52. The normalized spacial score (nSPS) is 16.4. The Morgan fingerprint density at radius 1 is 1.00 bits per heavy atom. The van der Waals surface area contributed by atoms with Gasteiger partial charge >= 0.3 is 6.18 Å². The van der Waals surface area contributed by atoms with Gasteiger partial charge in [-0.05, 0) is 28.5 Å². The molecular weight excluding hydrogens is 470 g/mol. The van der Waals surface area contributed by atoms with Crippen molar-refractivity contribution in [1.82, 2.24) is 19.6 Å². The molecule has 160 valence electrons. The van der Waals surface area contributed by atoms with Crippen LogP contribution in [0.25, 0.3) is 11.0 Å². The monoisotopic (exact) mass is 481 g/mol. The number of nitrogens with zero attached hydrogens (tertiary/aromatic N) is 5. The van der Waals surface area contributed by atoms with Crippen LogP contribution in [0.3, 0.4) is 0 Å². The van der Waals surface area contributed by atoms with Gasteiger partial charge in [0.1, 0.15) is 10.7 Å². The number of hydrogen-bond acceptors (Lipinski definition) is 7. The number of aromatic nitrogens is 3. The van der Waals surface area contributed by atoms with E-state index in [1.165, 1.54) is 16.4 Å². The fourth-order valence-corrected chi connectivity index (χ4v) is 5.13.